The Bertz CT molecular complexity index is 850. The number of ether oxygens (including phenoxy) is 3. The van der Waals surface area contributed by atoms with Crippen LogP contribution in [0.3, 0.4) is 0 Å². The summed E-state index contributed by atoms with van der Waals surface area (Å²) in [4.78, 5) is 0.210. The smallest absolute Gasteiger partial charge is 0.240 e. The fourth-order valence-electron chi connectivity index (χ4n) is 2.65. The summed E-state index contributed by atoms with van der Waals surface area (Å²) in [5, 5.41) is 0. The van der Waals surface area contributed by atoms with Crippen LogP contribution in [-0.2, 0) is 16.4 Å². The van der Waals surface area contributed by atoms with E-state index in [2.05, 4.69) is 4.72 Å². The lowest BCUT2D eigenvalue weighted by Crippen LogP contribution is -2.40. The highest BCUT2D eigenvalue weighted by atomic mass is 32.2. The van der Waals surface area contributed by atoms with Gasteiger partial charge in [0.25, 0.3) is 0 Å². The van der Waals surface area contributed by atoms with Gasteiger partial charge in [-0.15, -0.1) is 0 Å². The fraction of sp³-hybridized carbons (Fsp3) is 0.333. The predicted molar refractivity (Wildman–Crippen MR) is 93.9 cm³/mol. The van der Waals surface area contributed by atoms with E-state index in [-0.39, 0.29) is 17.5 Å². The van der Waals surface area contributed by atoms with Gasteiger partial charge in [0, 0.05) is 0 Å². The molecule has 0 bridgehead atoms. The Morgan fingerprint density at radius 1 is 1.20 bits per heavy atom. The number of para-hydroxylation sites is 2. The molecular weight excluding hydrogens is 342 g/mol. The van der Waals surface area contributed by atoms with Gasteiger partial charge in [-0.3, -0.25) is 0 Å². The lowest BCUT2D eigenvalue weighted by atomic mass is 10.1. The Labute approximate surface area is 147 Å². The van der Waals surface area contributed by atoms with Crippen molar-refractivity contribution in [3.63, 3.8) is 0 Å². The summed E-state index contributed by atoms with van der Waals surface area (Å²) < 4.78 is 44.3. The minimum Gasteiger partial charge on any atom is -0.496 e. The molecule has 0 radical (unpaired) electrons. The summed E-state index contributed by atoms with van der Waals surface area (Å²) in [7, 11) is -2.07. The highest BCUT2D eigenvalue weighted by Crippen LogP contribution is 2.30. The molecule has 1 atom stereocenters. The fourth-order valence-corrected chi connectivity index (χ4v) is 3.76. The van der Waals surface area contributed by atoms with Crippen molar-refractivity contribution < 1.29 is 22.6 Å². The summed E-state index contributed by atoms with van der Waals surface area (Å²) in [6, 6.07) is 12.2. The number of sulfonamides is 1. The molecule has 1 aliphatic heterocycles. The molecule has 2 aromatic rings. The van der Waals surface area contributed by atoms with Crippen LogP contribution >= 0.6 is 0 Å². The van der Waals surface area contributed by atoms with Gasteiger partial charge in [0.05, 0.1) is 18.6 Å². The molecule has 1 heterocycles. The Morgan fingerprint density at radius 2 is 1.96 bits per heavy atom. The molecule has 0 aromatic heterocycles. The van der Waals surface area contributed by atoms with E-state index >= 15 is 0 Å². The molecule has 0 amide bonds. The standard InChI is InChI=1S/C18H21NO5S/c1-3-13-10-15(8-9-16(13)22-2)25(20,21)19-11-14-12-23-17-6-4-5-7-18(17)24-14/h4-10,14,19H,3,11-12H2,1-2H3/t14-/m0/s1. The van der Waals surface area contributed by atoms with Crippen molar-refractivity contribution in [2.75, 3.05) is 20.3 Å². The normalized spacial score (nSPS) is 16.5. The van der Waals surface area contributed by atoms with Gasteiger partial charge in [-0.05, 0) is 42.3 Å². The maximum absolute atomic E-state index is 12.5. The molecule has 1 N–H and O–H groups in total. The SMILES string of the molecule is CCc1cc(S(=O)(=O)NC[C@H]2COc3ccccc3O2)ccc1OC. The number of nitrogens with one attached hydrogen (secondary N) is 1. The Morgan fingerprint density at radius 3 is 2.68 bits per heavy atom. The van der Waals surface area contributed by atoms with Gasteiger partial charge in [-0.2, -0.15) is 0 Å². The Balaban J connectivity index is 1.68. The van der Waals surface area contributed by atoms with Crippen molar-refractivity contribution in [3.8, 4) is 17.2 Å². The summed E-state index contributed by atoms with van der Waals surface area (Å²) in [6.07, 6.45) is 0.302. The summed E-state index contributed by atoms with van der Waals surface area (Å²) >= 11 is 0. The Kier molecular flexibility index (Phi) is 5.15. The molecule has 0 saturated heterocycles. The van der Waals surface area contributed by atoms with E-state index in [1.165, 1.54) is 6.07 Å². The quantitative estimate of drug-likeness (QED) is 0.853. The van der Waals surface area contributed by atoms with Crippen molar-refractivity contribution in [3.05, 3.63) is 48.0 Å². The molecule has 25 heavy (non-hydrogen) atoms. The van der Waals surface area contributed by atoms with Crippen molar-refractivity contribution >= 4 is 10.0 Å². The number of hydrogen-bond donors (Lipinski definition) is 1. The highest BCUT2D eigenvalue weighted by molar-refractivity contribution is 7.89. The zero-order valence-corrected chi connectivity index (χ0v) is 15.0. The molecule has 2 aromatic carbocycles. The van der Waals surface area contributed by atoms with Crippen LogP contribution in [0.15, 0.2) is 47.4 Å². The number of fused-ring (bicyclic) bond motifs is 1. The molecule has 134 valence electrons. The molecule has 3 rings (SSSR count). The van der Waals surface area contributed by atoms with E-state index < -0.39 is 10.0 Å². The van der Waals surface area contributed by atoms with Crippen molar-refractivity contribution in [2.24, 2.45) is 0 Å². The van der Waals surface area contributed by atoms with Gasteiger partial charge >= 0.3 is 0 Å². The molecule has 0 spiro atoms. The minimum atomic E-state index is -3.64. The van der Waals surface area contributed by atoms with Crippen LogP contribution in [0.4, 0.5) is 0 Å². The van der Waals surface area contributed by atoms with Crippen molar-refractivity contribution in [2.45, 2.75) is 24.3 Å². The topological polar surface area (TPSA) is 73.9 Å². The molecule has 1 aliphatic rings. The predicted octanol–water partition coefficient (Wildman–Crippen LogP) is 2.38. The van der Waals surface area contributed by atoms with Crippen LogP contribution in [-0.4, -0.2) is 34.8 Å². The second kappa shape index (κ2) is 7.33. The first kappa shape index (κ1) is 17.6. The molecule has 7 heteroatoms. The first-order valence-electron chi connectivity index (χ1n) is 8.08. The third kappa shape index (κ3) is 3.88. The summed E-state index contributed by atoms with van der Waals surface area (Å²) in [6.45, 7) is 2.37. The van der Waals surface area contributed by atoms with Crippen molar-refractivity contribution in [1.82, 2.24) is 4.72 Å². The first-order chi connectivity index (χ1) is 12.0. The second-order valence-corrected chi connectivity index (χ2v) is 7.44. The van der Waals surface area contributed by atoms with E-state index in [9.17, 15) is 8.42 Å². The highest BCUT2D eigenvalue weighted by Gasteiger charge is 2.23. The monoisotopic (exact) mass is 363 g/mol. The number of rotatable bonds is 6. The average molecular weight is 363 g/mol. The van der Waals surface area contributed by atoms with Gasteiger partial charge in [0.2, 0.25) is 10.0 Å². The van der Waals surface area contributed by atoms with Gasteiger partial charge < -0.3 is 14.2 Å². The number of benzene rings is 2. The second-order valence-electron chi connectivity index (χ2n) is 5.68. The molecule has 0 saturated carbocycles. The molecular formula is C18H21NO5S. The van der Waals surface area contributed by atoms with E-state index in [4.69, 9.17) is 14.2 Å². The number of hydrogen-bond acceptors (Lipinski definition) is 5. The number of aryl methyl sites for hydroxylation is 1. The zero-order valence-electron chi connectivity index (χ0n) is 14.2. The average Bonchev–Trinajstić information content (AvgIpc) is 2.65. The van der Waals surface area contributed by atoms with Gasteiger partial charge in [-0.1, -0.05) is 19.1 Å². The van der Waals surface area contributed by atoms with Crippen LogP contribution in [0.5, 0.6) is 17.2 Å². The van der Waals surface area contributed by atoms with Crippen LogP contribution in [0.2, 0.25) is 0 Å². The van der Waals surface area contributed by atoms with E-state index in [0.717, 1.165) is 5.56 Å². The maximum atomic E-state index is 12.5. The summed E-state index contributed by atoms with van der Waals surface area (Å²) in [5.74, 6) is 1.97. The minimum absolute atomic E-state index is 0.129. The maximum Gasteiger partial charge on any atom is 0.240 e. The third-order valence-electron chi connectivity index (χ3n) is 4.01. The lowest BCUT2D eigenvalue weighted by molar-refractivity contribution is 0.0943. The molecule has 6 nitrogen and oxygen atoms in total. The van der Waals surface area contributed by atoms with E-state index in [1.54, 1.807) is 25.3 Å². The molecule has 0 aliphatic carbocycles. The molecule has 0 fully saturated rings. The van der Waals surface area contributed by atoms with Crippen LogP contribution in [0.25, 0.3) is 0 Å². The van der Waals surface area contributed by atoms with Crippen LogP contribution in [0, 0.1) is 0 Å². The van der Waals surface area contributed by atoms with Crippen LogP contribution < -0.4 is 18.9 Å². The lowest BCUT2D eigenvalue weighted by Gasteiger charge is -2.26. The molecule has 0 unspecified atom stereocenters. The van der Waals surface area contributed by atoms with Crippen LogP contribution in [0.1, 0.15) is 12.5 Å². The third-order valence-corrected chi connectivity index (χ3v) is 5.43. The number of methoxy groups -OCH3 is 1. The largest absolute Gasteiger partial charge is 0.496 e. The van der Waals surface area contributed by atoms with Crippen molar-refractivity contribution in [1.29, 1.82) is 0 Å². The zero-order chi connectivity index (χ0) is 17.9. The Hall–Kier alpha value is -2.25. The van der Waals surface area contributed by atoms with E-state index in [1.807, 2.05) is 25.1 Å². The first-order valence-corrected chi connectivity index (χ1v) is 9.57. The summed E-state index contributed by atoms with van der Waals surface area (Å²) in [5.41, 5.74) is 0.844. The van der Waals surface area contributed by atoms with Gasteiger partial charge in [-0.25, -0.2) is 13.1 Å². The van der Waals surface area contributed by atoms with Gasteiger partial charge in [0.15, 0.2) is 11.5 Å². The van der Waals surface area contributed by atoms with Gasteiger partial charge in [0.1, 0.15) is 18.5 Å². The van der Waals surface area contributed by atoms with E-state index in [0.29, 0.717) is 30.3 Å².